The molecule has 3 aliphatic rings. The van der Waals surface area contributed by atoms with Crippen LogP contribution in [0.2, 0.25) is 0 Å². The van der Waals surface area contributed by atoms with Crippen LogP contribution in [-0.4, -0.2) is 54.0 Å². The molecule has 1 atom stereocenters. The van der Waals surface area contributed by atoms with Gasteiger partial charge in [0.25, 0.3) is 5.70 Å². The van der Waals surface area contributed by atoms with Crippen molar-refractivity contribution in [3.05, 3.63) is 111 Å². The van der Waals surface area contributed by atoms with Gasteiger partial charge >= 0.3 is 0 Å². The fourth-order valence-corrected chi connectivity index (χ4v) is 6.30. The monoisotopic (exact) mass is 573 g/mol. The first-order valence-electron chi connectivity index (χ1n) is 15.0. The lowest BCUT2D eigenvalue weighted by Crippen LogP contribution is -2.28. The number of ketones is 1. The van der Waals surface area contributed by atoms with Gasteiger partial charge in [-0.2, -0.15) is 0 Å². The Morgan fingerprint density at radius 3 is 2.44 bits per heavy atom. The molecule has 7 nitrogen and oxygen atoms in total. The highest BCUT2D eigenvalue weighted by molar-refractivity contribution is 6.39. The summed E-state index contributed by atoms with van der Waals surface area (Å²) >= 11 is 0. The molecular formula is C36H37N4O3+. The summed E-state index contributed by atoms with van der Waals surface area (Å²) in [6.07, 6.45) is 5.99. The second-order valence-electron chi connectivity index (χ2n) is 10.8. The van der Waals surface area contributed by atoms with E-state index in [1.807, 2.05) is 60.7 Å². The molecule has 0 aliphatic heterocycles. The van der Waals surface area contributed by atoms with Crippen molar-refractivity contribution in [2.24, 2.45) is 0 Å². The van der Waals surface area contributed by atoms with Gasteiger partial charge in [0.15, 0.2) is 5.71 Å². The predicted molar refractivity (Wildman–Crippen MR) is 170 cm³/mol. The number of anilines is 1. The summed E-state index contributed by atoms with van der Waals surface area (Å²) in [6, 6.07) is 17.6. The molecule has 0 fully saturated rings. The third-order valence-electron chi connectivity index (χ3n) is 8.65. The Bertz CT molecular complexity index is 1650. The highest BCUT2D eigenvalue weighted by Crippen LogP contribution is 2.43. The van der Waals surface area contributed by atoms with Gasteiger partial charge in [-0.3, -0.25) is 4.79 Å². The number of nitriles is 1. The van der Waals surface area contributed by atoms with Crippen LogP contribution in [0, 0.1) is 17.9 Å². The summed E-state index contributed by atoms with van der Waals surface area (Å²) in [6.45, 7) is 17.5. The number of aliphatic hydroxyl groups is 1. The first kappa shape index (κ1) is 29.8. The number of carbonyl (C=O) groups excluding carboxylic acids is 1. The largest absolute Gasteiger partial charge is 0.506 e. The Morgan fingerprint density at radius 2 is 1.84 bits per heavy atom. The second kappa shape index (κ2) is 13.1. The lowest BCUT2D eigenvalue weighted by molar-refractivity contribution is -0.521. The van der Waals surface area contributed by atoms with Gasteiger partial charge < -0.3 is 14.7 Å². The van der Waals surface area contributed by atoms with Crippen molar-refractivity contribution >= 4 is 28.3 Å². The van der Waals surface area contributed by atoms with Gasteiger partial charge in [-0.1, -0.05) is 42.5 Å². The minimum absolute atomic E-state index is 0.0903. The van der Waals surface area contributed by atoms with E-state index in [0.717, 1.165) is 60.4 Å². The molecule has 0 spiro atoms. The number of likely N-dealkylation sites (N-methyl/N-ethyl adjacent to an activating group) is 1. The molecule has 0 amide bonds. The van der Waals surface area contributed by atoms with E-state index in [2.05, 4.69) is 41.2 Å². The Morgan fingerprint density at radius 1 is 1.09 bits per heavy atom. The molecule has 1 N–H and O–H groups in total. The minimum atomic E-state index is -0.194. The van der Waals surface area contributed by atoms with Crippen molar-refractivity contribution in [3.63, 3.8) is 0 Å². The molecule has 3 aliphatic carbocycles. The van der Waals surface area contributed by atoms with E-state index in [4.69, 9.17) is 11.3 Å². The summed E-state index contributed by atoms with van der Waals surface area (Å²) in [4.78, 5) is 18.8. The van der Waals surface area contributed by atoms with Gasteiger partial charge in [0.05, 0.1) is 36.5 Å². The van der Waals surface area contributed by atoms with Crippen molar-refractivity contribution in [2.75, 3.05) is 37.7 Å². The molecule has 218 valence electrons. The van der Waals surface area contributed by atoms with Crippen LogP contribution in [0.5, 0.6) is 0 Å². The van der Waals surface area contributed by atoms with Gasteiger partial charge in [0, 0.05) is 31.3 Å². The summed E-state index contributed by atoms with van der Waals surface area (Å²) in [5.74, 6) is -0.00699. The summed E-state index contributed by atoms with van der Waals surface area (Å²) in [5, 5.41) is 20.3. The van der Waals surface area contributed by atoms with Crippen LogP contribution in [0.3, 0.4) is 0 Å². The number of rotatable bonds is 9. The number of allylic oxidation sites excluding steroid dienone is 6. The zero-order chi connectivity index (χ0) is 30.5. The van der Waals surface area contributed by atoms with E-state index < -0.39 is 0 Å². The first-order valence-corrected chi connectivity index (χ1v) is 15.0. The summed E-state index contributed by atoms with van der Waals surface area (Å²) in [7, 11) is 0. The number of aliphatic hydroxyl groups excluding tert-OH is 1. The number of benzene rings is 2. The van der Waals surface area contributed by atoms with E-state index in [0.29, 0.717) is 36.3 Å². The molecule has 0 radical (unpaired) electrons. The average molecular weight is 574 g/mol. The topological polar surface area (TPSA) is 80.9 Å². The number of ether oxygens (including phenoxy) is 1. The first-order chi connectivity index (χ1) is 20.9. The summed E-state index contributed by atoms with van der Waals surface area (Å²) in [5.41, 5.74) is 7.54. The van der Waals surface area contributed by atoms with E-state index >= 15 is 0 Å². The predicted octanol–water partition coefficient (Wildman–Crippen LogP) is 6.82. The van der Waals surface area contributed by atoms with Gasteiger partial charge in [-0.05, 0) is 73.6 Å². The molecule has 7 heteroatoms. The molecule has 0 saturated heterocycles. The normalized spacial score (nSPS) is 20.3. The molecule has 0 bridgehead atoms. The van der Waals surface area contributed by atoms with Crippen LogP contribution < -0.4 is 4.90 Å². The van der Waals surface area contributed by atoms with Crippen LogP contribution in [0.4, 0.5) is 5.69 Å². The third kappa shape index (κ3) is 5.69. The van der Waals surface area contributed by atoms with Crippen molar-refractivity contribution in [3.8, 4) is 6.07 Å². The van der Waals surface area contributed by atoms with Gasteiger partial charge in [0.2, 0.25) is 5.78 Å². The number of fused-ring (bicyclic) bond motifs is 1. The maximum Gasteiger partial charge on any atom is 0.265 e. The molecule has 1 unspecified atom stereocenters. The smallest absolute Gasteiger partial charge is 0.265 e. The van der Waals surface area contributed by atoms with Crippen molar-refractivity contribution in [1.29, 1.82) is 5.26 Å². The van der Waals surface area contributed by atoms with E-state index in [1.165, 1.54) is 5.71 Å². The third-order valence-corrected chi connectivity index (χ3v) is 8.65. The molecule has 2 aromatic carbocycles. The van der Waals surface area contributed by atoms with Crippen molar-refractivity contribution < 1.29 is 19.2 Å². The van der Waals surface area contributed by atoms with E-state index in [9.17, 15) is 15.2 Å². The maximum absolute atomic E-state index is 13.1. The minimum Gasteiger partial charge on any atom is -0.506 e. The van der Waals surface area contributed by atoms with Crippen LogP contribution in [0.15, 0.2) is 83.3 Å². The zero-order valence-corrected chi connectivity index (χ0v) is 25.1. The Kier molecular flexibility index (Phi) is 9.04. The lowest BCUT2D eigenvalue weighted by atomic mass is 9.79. The van der Waals surface area contributed by atoms with Crippen LogP contribution in [0.1, 0.15) is 62.8 Å². The van der Waals surface area contributed by atoms with E-state index in [-0.39, 0.29) is 23.3 Å². The molecule has 2 aromatic rings. The van der Waals surface area contributed by atoms with Crippen LogP contribution >= 0.6 is 0 Å². The lowest BCUT2D eigenvalue weighted by Gasteiger charge is -2.26. The van der Waals surface area contributed by atoms with E-state index in [1.54, 1.807) is 0 Å². The van der Waals surface area contributed by atoms with Crippen molar-refractivity contribution in [2.45, 2.75) is 46.1 Å². The van der Waals surface area contributed by atoms with Crippen LogP contribution in [0.25, 0.3) is 16.0 Å². The number of nitrogens with zero attached hydrogens (tertiary/aromatic N) is 4. The Hall–Kier alpha value is -4.72. The second-order valence-corrected chi connectivity index (χ2v) is 10.8. The zero-order valence-electron chi connectivity index (χ0n) is 25.1. The average Bonchev–Trinajstić information content (AvgIpc) is 3.40. The number of Topliss-reactive ketones (excluding diaryl/α,β-unsaturated/α-hetero) is 1. The quantitative estimate of drug-likeness (QED) is 0.154. The Labute approximate surface area is 253 Å². The molecule has 0 saturated carbocycles. The molecular weight excluding hydrogens is 536 g/mol. The number of hydrogen-bond donors (Lipinski definition) is 1. The number of carbonyl (C=O) groups is 1. The van der Waals surface area contributed by atoms with Gasteiger partial charge in [-0.25, -0.2) is 14.7 Å². The molecule has 43 heavy (non-hydrogen) atoms. The SMILES string of the molecule is [C-]#[N+]/C(C#N)=C1\CC(OCCN(CC)c2ccc(C3=C(O)/C(=C4/C=CC(=[N+](CC)CC)CC4)C3=O)cc2)c2ccccc21. The molecule has 5 rings (SSSR count). The van der Waals surface area contributed by atoms with Gasteiger partial charge in [0.1, 0.15) is 18.8 Å². The highest BCUT2D eigenvalue weighted by Gasteiger charge is 2.37. The fraction of sp³-hybridized carbons (Fsp3) is 0.333. The van der Waals surface area contributed by atoms with Crippen molar-refractivity contribution in [1.82, 2.24) is 0 Å². The highest BCUT2D eigenvalue weighted by atomic mass is 16.5. The Balaban J connectivity index is 1.25. The number of hydrogen-bond acceptors (Lipinski definition) is 5. The maximum atomic E-state index is 13.1. The van der Waals surface area contributed by atoms with Gasteiger partial charge in [-0.15, -0.1) is 0 Å². The fourth-order valence-electron chi connectivity index (χ4n) is 6.30. The summed E-state index contributed by atoms with van der Waals surface area (Å²) < 4.78 is 8.60. The standard InChI is InChI=1S/C36H36N4O3/c1-5-39(6-2)26-16-12-24(13-17-26)33-35(41)34(36(33)42)25-14-18-27(19-15-25)40(7-3)20-21-43-32-22-30(31(23-37)38-4)28-10-8-9-11-29(28)32/h8-12,14-16,18-19,32H,5-7,13,17,20-22H2,1-3H3/p+1/b31-30+. The molecule has 0 aromatic heterocycles. The molecule has 0 heterocycles. The van der Waals surface area contributed by atoms with Crippen LogP contribution in [-0.2, 0) is 9.53 Å².